The lowest BCUT2D eigenvalue weighted by Gasteiger charge is -2.11. The zero-order chi connectivity index (χ0) is 13.7. The van der Waals surface area contributed by atoms with Gasteiger partial charge in [0.25, 0.3) is 0 Å². The number of alkyl halides is 1. The molecular formula is C16H16ClNO. The van der Waals surface area contributed by atoms with Crippen molar-refractivity contribution in [3.8, 4) is 0 Å². The number of hydrogen-bond donors (Lipinski definition) is 1. The fourth-order valence-electron chi connectivity index (χ4n) is 1.96. The number of aryl methyl sites for hydroxylation is 1. The summed E-state index contributed by atoms with van der Waals surface area (Å²) in [4.78, 5) is 11.5. The van der Waals surface area contributed by atoms with Crippen LogP contribution in [-0.2, 0) is 11.2 Å². The van der Waals surface area contributed by atoms with Crippen LogP contribution in [-0.4, -0.2) is 11.8 Å². The van der Waals surface area contributed by atoms with Gasteiger partial charge >= 0.3 is 0 Å². The van der Waals surface area contributed by atoms with Crippen LogP contribution in [0.15, 0.2) is 48.5 Å². The number of hydrogen-bond acceptors (Lipinski definition) is 1. The van der Waals surface area contributed by atoms with E-state index in [0.717, 1.165) is 23.2 Å². The zero-order valence-corrected chi connectivity index (χ0v) is 11.6. The number of carbonyl (C=O) groups excluding carboxylic acids is 1. The number of carbonyl (C=O) groups is 1. The number of anilines is 1. The number of halogens is 1. The van der Waals surface area contributed by atoms with Crippen LogP contribution in [0.1, 0.15) is 16.7 Å². The minimum atomic E-state index is -0.179. The predicted octanol–water partition coefficient (Wildman–Crippen LogP) is 3.76. The first-order valence-electron chi connectivity index (χ1n) is 6.18. The van der Waals surface area contributed by atoms with Gasteiger partial charge in [0.15, 0.2) is 0 Å². The van der Waals surface area contributed by atoms with E-state index in [-0.39, 0.29) is 11.8 Å². The molecule has 0 saturated heterocycles. The van der Waals surface area contributed by atoms with Crippen molar-refractivity contribution in [3.05, 3.63) is 65.2 Å². The highest BCUT2D eigenvalue weighted by atomic mass is 35.5. The highest BCUT2D eigenvalue weighted by molar-refractivity contribution is 6.29. The molecule has 1 amide bonds. The minimum absolute atomic E-state index is 0.0290. The van der Waals surface area contributed by atoms with Gasteiger partial charge in [0.2, 0.25) is 5.91 Å². The Balaban J connectivity index is 2.26. The number of nitrogens with one attached hydrogen (secondary N) is 1. The summed E-state index contributed by atoms with van der Waals surface area (Å²) in [5.41, 5.74) is 4.26. The molecule has 0 bridgehead atoms. The predicted molar refractivity (Wildman–Crippen MR) is 79.8 cm³/mol. The smallest absolute Gasteiger partial charge is 0.239 e. The lowest BCUT2D eigenvalue weighted by atomic mass is 10.0. The van der Waals surface area contributed by atoms with Crippen molar-refractivity contribution < 1.29 is 4.79 Å². The minimum Gasteiger partial charge on any atom is -0.325 e. The second-order valence-corrected chi connectivity index (χ2v) is 4.77. The SMILES string of the molecule is Cc1ccc(Cc2ccccc2)c(NC(=O)CCl)c1. The monoisotopic (exact) mass is 273 g/mol. The maximum Gasteiger partial charge on any atom is 0.239 e. The number of benzene rings is 2. The molecule has 0 aromatic heterocycles. The Labute approximate surface area is 118 Å². The summed E-state index contributed by atoms with van der Waals surface area (Å²) in [5, 5.41) is 2.85. The van der Waals surface area contributed by atoms with Gasteiger partial charge in [0, 0.05) is 5.69 Å². The Morgan fingerprint density at radius 3 is 2.58 bits per heavy atom. The maximum atomic E-state index is 11.5. The molecular weight excluding hydrogens is 258 g/mol. The van der Waals surface area contributed by atoms with Crippen LogP contribution in [0, 0.1) is 6.92 Å². The van der Waals surface area contributed by atoms with E-state index >= 15 is 0 Å². The quantitative estimate of drug-likeness (QED) is 0.845. The summed E-state index contributed by atoms with van der Waals surface area (Å²) in [7, 11) is 0. The molecule has 1 N–H and O–H groups in total. The molecule has 0 fully saturated rings. The lowest BCUT2D eigenvalue weighted by molar-refractivity contribution is -0.113. The van der Waals surface area contributed by atoms with E-state index in [0.29, 0.717) is 0 Å². The van der Waals surface area contributed by atoms with Crippen molar-refractivity contribution in [3.63, 3.8) is 0 Å². The maximum absolute atomic E-state index is 11.5. The van der Waals surface area contributed by atoms with Crippen LogP contribution in [0.25, 0.3) is 0 Å². The third-order valence-electron chi connectivity index (χ3n) is 2.90. The van der Waals surface area contributed by atoms with Gasteiger partial charge < -0.3 is 5.32 Å². The average molecular weight is 274 g/mol. The first-order chi connectivity index (χ1) is 9.19. The van der Waals surface area contributed by atoms with Gasteiger partial charge in [-0.2, -0.15) is 0 Å². The summed E-state index contributed by atoms with van der Waals surface area (Å²) in [5.74, 6) is -0.208. The lowest BCUT2D eigenvalue weighted by Crippen LogP contribution is -2.14. The number of amides is 1. The summed E-state index contributed by atoms with van der Waals surface area (Å²) >= 11 is 5.54. The molecule has 2 aromatic carbocycles. The van der Waals surface area contributed by atoms with Gasteiger partial charge in [-0.25, -0.2) is 0 Å². The highest BCUT2D eigenvalue weighted by Crippen LogP contribution is 2.21. The molecule has 2 rings (SSSR count). The molecule has 0 heterocycles. The fourth-order valence-corrected chi connectivity index (χ4v) is 2.03. The van der Waals surface area contributed by atoms with Gasteiger partial charge in [-0.05, 0) is 36.1 Å². The Morgan fingerprint density at radius 2 is 1.89 bits per heavy atom. The third-order valence-corrected chi connectivity index (χ3v) is 3.14. The highest BCUT2D eigenvalue weighted by Gasteiger charge is 2.07. The molecule has 2 nitrogen and oxygen atoms in total. The largest absolute Gasteiger partial charge is 0.325 e. The molecule has 0 saturated carbocycles. The molecule has 0 spiro atoms. The summed E-state index contributed by atoms with van der Waals surface area (Å²) in [6.07, 6.45) is 0.791. The molecule has 0 radical (unpaired) electrons. The van der Waals surface area contributed by atoms with E-state index in [1.165, 1.54) is 5.56 Å². The van der Waals surface area contributed by atoms with E-state index in [4.69, 9.17) is 11.6 Å². The molecule has 2 aromatic rings. The van der Waals surface area contributed by atoms with E-state index in [1.54, 1.807) is 0 Å². The normalized spacial score (nSPS) is 10.2. The van der Waals surface area contributed by atoms with Crippen molar-refractivity contribution in [2.75, 3.05) is 11.2 Å². The van der Waals surface area contributed by atoms with Crippen molar-refractivity contribution in [2.45, 2.75) is 13.3 Å². The van der Waals surface area contributed by atoms with Crippen LogP contribution >= 0.6 is 11.6 Å². The summed E-state index contributed by atoms with van der Waals surface area (Å²) in [6, 6.07) is 16.2. The van der Waals surface area contributed by atoms with Crippen LogP contribution in [0.5, 0.6) is 0 Å². The van der Waals surface area contributed by atoms with Crippen molar-refractivity contribution in [1.29, 1.82) is 0 Å². The van der Waals surface area contributed by atoms with Gasteiger partial charge in [0.1, 0.15) is 5.88 Å². The second kappa shape index (κ2) is 6.39. The van der Waals surface area contributed by atoms with Crippen LogP contribution in [0.3, 0.4) is 0 Å². The van der Waals surface area contributed by atoms with E-state index in [1.807, 2.05) is 37.3 Å². The van der Waals surface area contributed by atoms with Gasteiger partial charge in [-0.1, -0.05) is 42.5 Å². The van der Waals surface area contributed by atoms with Crippen molar-refractivity contribution in [1.82, 2.24) is 0 Å². The van der Waals surface area contributed by atoms with E-state index < -0.39 is 0 Å². The Morgan fingerprint density at radius 1 is 1.16 bits per heavy atom. The molecule has 0 aliphatic carbocycles. The third kappa shape index (κ3) is 3.83. The molecule has 0 aliphatic rings. The van der Waals surface area contributed by atoms with Gasteiger partial charge in [-0.3, -0.25) is 4.79 Å². The van der Waals surface area contributed by atoms with Gasteiger partial charge in [0.05, 0.1) is 0 Å². The summed E-state index contributed by atoms with van der Waals surface area (Å²) < 4.78 is 0. The second-order valence-electron chi connectivity index (χ2n) is 4.50. The number of rotatable bonds is 4. The molecule has 98 valence electrons. The first kappa shape index (κ1) is 13.6. The Hall–Kier alpha value is -1.80. The standard InChI is InChI=1S/C16H16ClNO/c1-12-7-8-14(10-13-5-3-2-4-6-13)15(9-12)18-16(19)11-17/h2-9H,10-11H2,1H3,(H,18,19). The molecule has 0 aliphatic heterocycles. The first-order valence-corrected chi connectivity index (χ1v) is 6.72. The molecule has 19 heavy (non-hydrogen) atoms. The van der Waals surface area contributed by atoms with Crippen molar-refractivity contribution in [2.24, 2.45) is 0 Å². The Kier molecular flexibility index (Phi) is 4.58. The molecule has 0 atom stereocenters. The van der Waals surface area contributed by atoms with Gasteiger partial charge in [-0.15, -0.1) is 11.6 Å². The molecule has 0 unspecified atom stereocenters. The van der Waals surface area contributed by atoms with Crippen molar-refractivity contribution >= 4 is 23.2 Å². The summed E-state index contributed by atoms with van der Waals surface area (Å²) in [6.45, 7) is 2.00. The Bertz CT molecular complexity index is 566. The average Bonchev–Trinajstić information content (AvgIpc) is 2.43. The van der Waals surface area contributed by atoms with E-state index in [2.05, 4.69) is 23.5 Å². The zero-order valence-electron chi connectivity index (χ0n) is 10.8. The topological polar surface area (TPSA) is 29.1 Å². The van der Waals surface area contributed by atoms with Crippen LogP contribution < -0.4 is 5.32 Å². The molecule has 3 heteroatoms. The van der Waals surface area contributed by atoms with Crippen LogP contribution in [0.4, 0.5) is 5.69 Å². The fraction of sp³-hybridized carbons (Fsp3) is 0.188. The van der Waals surface area contributed by atoms with E-state index in [9.17, 15) is 4.79 Å². The van der Waals surface area contributed by atoms with Crippen LogP contribution in [0.2, 0.25) is 0 Å².